The van der Waals surface area contributed by atoms with Gasteiger partial charge in [-0.25, -0.2) is 9.18 Å². The molecule has 3 nitrogen and oxygen atoms in total. The lowest BCUT2D eigenvalue weighted by atomic mass is 10.3. The summed E-state index contributed by atoms with van der Waals surface area (Å²) in [6.07, 6.45) is 0.637. The van der Waals surface area contributed by atoms with Crippen LogP contribution in [-0.2, 0) is 11.2 Å². The molecule has 0 aliphatic heterocycles. The maximum Gasteiger partial charge on any atom is 0.345 e. The van der Waals surface area contributed by atoms with Gasteiger partial charge in [-0.1, -0.05) is 0 Å². The van der Waals surface area contributed by atoms with Crippen LogP contribution in [0.1, 0.15) is 14.5 Å². The molecule has 0 saturated carbocycles. The predicted octanol–water partition coefficient (Wildman–Crippen LogP) is 1.97. The first-order valence-electron chi connectivity index (χ1n) is 4.19. The van der Waals surface area contributed by atoms with Crippen LogP contribution in [0.4, 0.5) is 4.39 Å². The van der Waals surface area contributed by atoms with Crippen LogP contribution in [0.5, 0.6) is 0 Å². The van der Waals surface area contributed by atoms with Crippen molar-refractivity contribution in [3.8, 4) is 0 Å². The van der Waals surface area contributed by atoms with Crippen molar-refractivity contribution in [1.82, 2.24) is 0 Å². The number of thiophene rings is 1. The van der Waals surface area contributed by atoms with Crippen molar-refractivity contribution >= 4 is 17.3 Å². The number of halogens is 1. The molecule has 0 amide bonds. The summed E-state index contributed by atoms with van der Waals surface area (Å²) in [4.78, 5) is 11.8. The summed E-state index contributed by atoms with van der Waals surface area (Å²) in [7, 11) is 0. The van der Waals surface area contributed by atoms with Gasteiger partial charge < -0.3 is 9.84 Å². The number of aromatic carboxylic acids is 1. The first-order valence-corrected chi connectivity index (χ1v) is 5.01. The zero-order valence-electron chi connectivity index (χ0n) is 7.53. The SMILES string of the molecule is O=C(O)c1ccc(CCOCCF)s1. The minimum atomic E-state index is -0.911. The zero-order chi connectivity index (χ0) is 10.4. The molecule has 14 heavy (non-hydrogen) atoms. The molecule has 0 aromatic carbocycles. The fraction of sp³-hybridized carbons (Fsp3) is 0.444. The fourth-order valence-corrected chi connectivity index (χ4v) is 1.78. The monoisotopic (exact) mass is 218 g/mol. The highest BCUT2D eigenvalue weighted by molar-refractivity contribution is 7.13. The van der Waals surface area contributed by atoms with E-state index >= 15 is 0 Å². The van der Waals surface area contributed by atoms with Gasteiger partial charge in [0.15, 0.2) is 0 Å². The van der Waals surface area contributed by atoms with Gasteiger partial charge in [0.25, 0.3) is 0 Å². The van der Waals surface area contributed by atoms with E-state index in [2.05, 4.69) is 0 Å². The van der Waals surface area contributed by atoms with Crippen LogP contribution in [0.15, 0.2) is 12.1 Å². The lowest BCUT2D eigenvalue weighted by Crippen LogP contribution is -2.00. The quantitative estimate of drug-likeness (QED) is 0.742. The molecule has 0 saturated heterocycles. The van der Waals surface area contributed by atoms with Gasteiger partial charge in [-0.15, -0.1) is 11.3 Å². The Morgan fingerprint density at radius 3 is 2.86 bits per heavy atom. The second-order valence-electron chi connectivity index (χ2n) is 2.62. The molecule has 1 aromatic heterocycles. The van der Waals surface area contributed by atoms with Crippen LogP contribution < -0.4 is 0 Å². The van der Waals surface area contributed by atoms with Crippen LogP contribution in [0.3, 0.4) is 0 Å². The van der Waals surface area contributed by atoms with E-state index in [1.807, 2.05) is 0 Å². The third kappa shape index (κ3) is 3.43. The average molecular weight is 218 g/mol. The molecule has 0 aliphatic rings. The maximum atomic E-state index is 11.6. The Balaban J connectivity index is 2.33. The van der Waals surface area contributed by atoms with Crippen molar-refractivity contribution in [3.05, 3.63) is 21.9 Å². The second kappa shape index (κ2) is 5.72. The minimum Gasteiger partial charge on any atom is -0.477 e. The van der Waals surface area contributed by atoms with Crippen molar-refractivity contribution in [2.24, 2.45) is 0 Å². The lowest BCUT2D eigenvalue weighted by Gasteiger charge is -1.98. The van der Waals surface area contributed by atoms with Crippen molar-refractivity contribution in [3.63, 3.8) is 0 Å². The second-order valence-corrected chi connectivity index (χ2v) is 3.79. The summed E-state index contributed by atoms with van der Waals surface area (Å²) < 4.78 is 16.6. The number of carbonyl (C=O) groups is 1. The van der Waals surface area contributed by atoms with Gasteiger partial charge in [0.1, 0.15) is 11.6 Å². The Labute approximate surface area is 85.1 Å². The average Bonchev–Trinajstić information content (AvgIpc) is 2.61. The number of hydrogen-bond acceptors (Lipinski definition) is 3. The van der Waals surface area contributed by atoms with E-state index in [-0.39, 0.29) is 6.61 Å². The first kappa shape index (κ1) is 11.1. The molecule has 0 atom stereocenters. The van der Waals surface area contributed by atoms with E-state index in [9.17, 15) is 9.18 Å². The van der Waals surface area contributed by atoms with E-state index in [0.717, 1.165) is 4.88 Å². The number of hydrogen-bond donors (Lipinski definition) is 1. The van der Waals surface area contributed by atoms with Gasteiger partial charge >= 0.3 is 5.97 Å². The van der Waals surface area contributed by atoms with E-state index in [1.165, 1.54) is 11.3 Å². The third-order valence-corrected chi connectivity index (χ3v) is 2.72. The highest BCUT2D eigenvalue weighted by Gasteiger charge is 2.06. The molecule has 0 radical (unpaired) electrons. The van der Waals surface area contributed by atoms with E-state index in [0.29, 0.717) is 17.9 Å². The number of alkyl halides is 1. The molecular formula is C9H11FO3S. The summed E-state index contributed by atoms with van der Waals surface area (Å²) in [5.41, 5.74) is 0. The molecule has 0 fully saturated rings. The summed E-state index contributed by atoms with van der Waals surface area (Å²) in [5, 5.41) is 8.64. The van der Waals surface area contributed by atoms with Gasteiger partial charge in [0.2, 0.25) is 0 Å². The fourth-order valence-electron chi connectivity index (χ4n) is 0.957. The van der Waals surface area contributed by atoms with Crippen molar-refractivity contribution in [2.45, 2.75) is 6.42 Å². The maximum absolute atomic E-state index is 11.6. The van der Waals surface area contributed by atoms with Crippen molar-refractivity contribution in [2.75, 3.05) is 19.9 Å². The molecule has 0 unspecified atom stereocenters. The van der Waals surface area contributed by atoms with E-state index in [4.69, 9.17) is 9.84 Å². The summed E-state index contributed by atoms with van der Waals surface area (Å²) in [6, 6.07) is 3.32. The predicted molar refractivity (Wildman–Crippen MR) is 51.8 cm³/mol. The molecule has 0 bridgehead atoms. The molecule has 1 N–H and O–H groups in total. The standard InChI is InChI=1S/C9H11FO3S/c10-4-6-13-5-3-7-1-2-8(14-7)9(11)12/h1-2H,3-6H2,(H,11,12). The number of ether oxygens (including phenoxy) is 1. The van der Waals surface area contributed by atoms with Crippen LogP contribution in [0, 0.1) is 0 Å². The van der Waals surface area contributed by atoms with E-state index < -0.39 is 12.6 Å². The van der Waals surface area contributed by atoms with Gasteiger partial charge in [-0.3, -0.25) is 0 Å². The molecular weight excluding hydrogens is 207 g/mol. The normalized spacial score (nSPS) is 10.4. The topological polar surface area (TPSA) is 46.5 Å². The number of carboxylic acids is 1. The van der Waals surface area contributed by atoms with Gasteiger partial charge in [-0.05, 0) is 12.1 Å². The third-order valence-electron chi connectivity index (χ3n) is 1.59. The molecule has 0 aliphatic carbocycles. The molecule has 1 aromatic rings. The van der Waals surface area contributed by atoms with Crippen LogP contribution in [0.2, 0.25) is 0 Å². The zero-order valence-corrected chi connectivity index (χ0v) is 8.35. The van der Waals surface area contributed by atoms with E-state index in [1.54, 1.807) is 12.1 Å². The molecule has 5 heteroatoms. The molecule has 0 spiro atoms. The Bertz CT molecular complexity index is 298. The van der Waals surface area contributed by atoms with Crippen molar-refractivity contribution < 1.29 is 19.0 Å². The highest BCUT2D eigenvalue weighted by Crippen LogP contribution is 2.16. The Morgan fingerprint density at radius 2 is 2.29 bits per heavy atom. The molecule has 1 rings (SSSR count). The van der Waals surface area contributed by atoms with Crippen LogP contribution >= 0.6 is 11.3 Å². The summed E-state index contributed by atoms with van der Waals surface area (Å²) in [5.74, 6) is -0.911. The highest BCUT2D eigenvalue weighted by atomic mass is 32.1. The lowest BCUT2D eigenvalue weighted by molar-refractivity contribution is 0.0702. The number of rotatable bonds is 6. The van der Waals surface area contributed by atoms with Crippen molar-refractivity contribution in [1.29, 1.82) is 0 Å². The largest absolute Gasteiger partial charge is 0.477 e. The Morgan fingerprint density at radius 1 is 1.50 bits per heavy atom. The van der Waals surface area contributed by atoms with Crippen LogP contribution in [-0.4, -0.2) is 31.0 Å². The van der Waals surface area contributed by atoms with Gasteiger partial charge in [0, 0.05) is 11.3 Å². The Kier molecular flexibility index (Phi) is 4.55. The summed E-state index contributed by atoms with van der Waals surface area (Å²) in [6.45, 7) is 0.0610. The first-order chi connectivity index (χ1) is 6.74. The van der Waals surface area contributed by atoms with Gasteiger partial charge in [0.05, 0.1) is 13.2 Å². The molecule has 78 valence electrons. The summed E-state index contributed by atoms with van der Waals surface area (Å²) >= 11 is 1.23. The Hall–Kier alpha value is -0.940. The smallest absolute Gasteiger partial charge is 0.345 e. The number of carboxylic acid groups (broad SMARTS) is 1. The minimum absolute atomic E-state index is 0.108. The van der Waals surface area contributed by atoms with Crippen LogP contribution in [0.25, 0.3) is 0 Å². The molecule has 1 heterocycles. The van der Waals surface area contributed by atoms with Gasteiger partial charge in [-0.2, -0.15) is 0 Å².